The molecule has 0 radical (unpaired) electrons. The number of nitrogens with zero attached hydrogens (tertiary/aromatic N) is 2. The van der Waals surface area contributed by atoms with Gasteiger partial charge in [0.1, 0.15) is 5.03 Å². The number of rotatable bonds is 1. The number of amides is 1. The SMILES string of the molecule is CCn1nc(C)c2c1S(=O)CC(C)C(=O)N2. The first-order valence-electron chi connectivity index (χ1n) is 5.31. The molecule has 1 aliphatic rings. The van der Waals surface area contributed by atoms with E-state index in [0.29, 0.717) is 23.0 Å². The first kappa shape index (κ1) is 11.3. The van der Waals surface area contributed by atoms with Gasteiger partial charge < -0.3 is 5.32 Å². The van der Waals surface area contributed by atoms with Gasteiger partial charge in [-0.25, -0.2) is 0 Å². The summed E-state index contributed by atoms with van der Waals surface area (Å²) in [7, 11) is -1.16. The molecule has 0 saturated heterocycles. The Morgan fingerprint density at radius 2 is 2.31 bits per heavy atom. The zero-order valence-corrected chi connectivity index (χ0v) is 10.4. The molecule has 0 spiro atoms. The number of aromatic nitrogens is 2. The smallest absolute Gasteiger partial charge is 0.228 e. The number of aryl methyl sites for hydroxylation is 2. The lowest BCUT2D eigenvalue weighted by Crippen LogP contribution is -2.22. The largest absolute Gasteiger partial charge is 0.322 e. The van der Waals surface area contributed by atoms with Crippen LogP contribution >= 0.6 is 0 Å². The highest BCUT2D eigenvalue weighted by molar-refractivity contribution is 7.85. The molecule has 0 aromatic carbocycles. The third-order valence-electron chi connectivity index (χ3n) is 2.69. The fourth-order valence-electron chi connectivity index (χ4n) is 1.78. The predicted molar refractivity (Wildman–Crippen MR) is 61.7 cm³/mol. The van der Waals surface area contributed by atoms with Crippen molar-refractivity contribution in [3.63, 3.8) is 0 Å². The lowest BCUT2D eigenvalue weighted by molar-refractivity contribution is -0.118. The van der Waals surface area contributed by atoms with Gasteiger partial charge in [0.2, 0.25) is 5.91 Å². The zero-order chi connectivity index (χ0) is 11.9. The van der Waals surface area contributed by atoms with Gasteiger partial charge in [-0.15, -0.1) is 0 Å². The Morgan fingerprint density at radius 1 is 1.62 bits per heavy atom. The number of hydrogen-bond donors (Lipinski definition) is 1. The van der Waals surface area contributed by atoms with E-state index in [0.717, 1.165) is 5.69 Å². The van der Waals surface area contributed by atoms with Crippen LogP contribution < -0.4 is 5.32 Å². The Labute approximate surface area is 96.7 Å². The van der Waals surface area contributed by atoms with Gasteiger partial charge in [0, 0.05) is 18.2 Å². The van der Waals surface area contributed by atoms with E-state index in [1.807, 2.05) is 13.8 Å². The molecule has 5 nitrogen and oxygen atoms in total. The Morgan fingerprint density at radius 3 is 2.94 bits per heavy atom. The van der Waals surface area contributed by atoms with Crippen LogP contribution in [0.1, 0.15) is 19.5 Å². The quantitative estimate of drug-likeness (QED) is 0.794. The number of fused-ring (bicyclic) bond motifs is 1. The molecule has 1 aliphatic heterocycles. The molecule has 0 aliphatic carbocycles. The number of anilines is 1. The molecule has 16 heavy (non-hydrogen) atoms. The van der Waals surface area contributed by atoms with Crippen LogP contribution in [0.15, 0.2) is 5.03 Å². The monoisotopic (exact) mass is 241 g/mol. The van der Waals surface area contributed by atoms with Crippen LogP contribution in [0.5, 0.6) is 0 Å². The summed E-state index contributed by atoms with van der Waals surface area (Å²) in [6.07, 6.45) is 0. The summed E-state index contributed by atoms with van der Waals surface area (Å²) < 4.78 is 13.8. The minimum absolute atomic E-state index is 0.0779. The molecule has 88 valence electrons. The zero-order valence-electron chi connectivity index (χ0n) is 9.61. The summed E-state index contributed by atoms with van der Waals surface area (Å²) in [4.78, 5) is 11.7. The molecule has 0 bridgehead atoms. The van der Waals surface area contributed by atoms with Crippen LogP contribution in [0.2, 0.25) is 0 Å². The highest BCUT2D eigenvalue weighted by atomic mass is 32.2. The first-order chi connectivity index (χ1) is 7.54. The number of carbonyl (C=O) groups excluding carboxylic acids is 1. The lowest BCUT2D eigenvalue weighted by atomic mass is 10.2. The van der Waals surface area contributed by atoms with E-state index in [2.05, 4.69) is 10.4 Å². The van der Waals surface area contributed by atoms with Crippen LogP contribution in [0.25, 0.3) is 0 Å². The average molecular weight is 241 g/mol. The van der Waals surface area contributed by atoms with Crippen molar-refractivity contribution >= 4 is 22.4 Å². The van der Waals surface area contributed by atoms with Crippen molar-refractivity contribution in [3.05, 3.63) is 5.69 Å². The molecule has 0 fully saturated rings. The Kier molecular flexibility index (Phi) is 2.84. The van der Waals surface area contributed by atoms with E-state index >= 15 is 0 Å². The minimum Gasteiger partial charge on any atom is -0.322 e. The number of hydrogen-bond acceptors (Lipinski definition) is 3. The fourth-order valence-corrected chi connectivity index (χ4v) is 3.37. The normalized spacial score (nSPS) is 24.8. The van der Waals surface area contributed by atoms with Gasteiger partial charge >= 0.3 is 0 Å². The molecular formula is C10H15N3O2S. The maximum absolute atomic E-state index is 12.1. The first-order valence-corrected chi connectivity index (χ1v) is 6.63. The molecule has 0 saturated carbocycles. The van der Waals surface area contributed by atoms with Gasteiger partial charge in [0.05, 0.1) is 22.2 Å². The lowest BCUT2D eigenvalue weighted by Gasteiger charge is -2.05. The summed E-state index contributed by atoms with van der Waals surface area (Å²) in [5.41, 5.74) is 1.36. The highest BCUT2D eigenvalue weighted by Crippen LogP contribution is 2.28. The molecular weight excluding hydrogens is 226 g/mol. The molecule has 1 N–H and O–H groups in total. The Balaban J connectivity index is 2.56. The van der Waals surface area contributed by atoms with Crippen LogP contribution in [0, 0.1) is 12.8 Å². The van der Waals surface area contributed by atoms with E-state index in [-0.39, 0.29) is 11.8 Å². The topological polar surface area (TPSA) is 64.0 Å². The molecule has 2 rings (SSSR count). The van der Waals surface area contributed by atoms with Crippen molar-refractivity contribution in [3.8, 4) is 0 Å². The average Bonchev–Trinajstić information content (AvgIpc) is 2.49. The van der Waals surface area contributed by atoms with Crippen molar-refractivity contribution in [2.24, 2.45) is 5.92 Å². The van der Waals surface area contributed by atoms with Crippen molar-refractivity contribution in [2.75, 3.05) is 11.1 Å². The second-order valence-corrected chi connectivity index (χ2v) is 5.39. The molecule has 2 atom stereocenters. The van der Waals surface area contributed by atoms with E-state index < -0.39 is 10.8 Å². The van der Waals surface area contributed by atoms with Gasteiger partial charge in [-0.3, -0.25) is 13.7 Å². The summed E-state index contributed by atoms with van der Waals surface area (Å²) in [6.45, 7) is 6.21. The number of nitrogens with one attached hydrogen (secondary N) is 1. The molecule has 1 amide bonds. The fraction of sp³-hybridized carbons (Fsp3) is 0.600. The van der Waals surface area contributed by atoms with E-state index in [1.54, 1.807) is 11.6 Å². The third-order valence-corrected chi connectivity index (χ3v) is 4.34. The standard InChI is InChI=1S/C10H15N3O2S/c1-4-13-10-8(7(3)12-13)11-9(14)6(2)5-16(10)15/h6H,4-5H2,1-3H3,(H,11,14). The van der Waals surface area contributed by atoms with Crippen LogP contribution in [-0.2, 0) is 22.1 Å². The van der Waals surface area contributed by atoms with Crippen LogP contribution in [0.4, 0.5) is 5.69 Å². The predicted octanol–water partition coefficient (Wildman–Crippen LogP) is 0.907. The van der Waals surface area contributed by atoms with Crippen LogP contribution in [-0.4, -0.2) is 25.6 Å². The summed E-state index contributed by atoms with van der Waals surface area (Å²) >= 11 is 0. The van der Waals surface area contributed by atoms with E-state index in [4.69, 9.17) is 0 Å². The van der Waals surface area contributed by atoms with E-state index in [1.165, 1.54) is 0 Å². The van der Waals surface area contributed by atoms with Crippen molar-refractivity contribution in [1.82, 2.24) is 9.78 Å². The number of carbonyl (C=O) groups is 1. The highest BCUT2D eigenvalue weighted by Gasteiger charge is 2.29. The Bertz CT molecular complexity index is 467. The molecule has 1 aromatic heterocycles. The molecule has 2 unspecified atom stereocenters. The summed E-state index contributed by atoms with van der Waals surface area (Å²) in [5.74, 6) is 0.0630. The second-order valence-electron chi connectivity index (χ2n) is 3.98. The minimum atomic E-state index is -1.16. The maximum atomic E-state index is 12.1. The van der Waals surface area contributed by atoms with Crippen LogP contribution in [0.3, 0.4) is 0 Å². The van der Waals surface area contributed by atoms with Crippen molar-refractivity contribution < 1.29 is 9.00 Å². The second kappa shape index (κ2) is 4.01. The third kappa shape index (κ3) is 1.67. The Hall–Kier alpha value is -1.17. The van der Waals surface area contributed by atoms with Gasteiger partial charge in [-0.05, 0) is 13.8 Å². The van der Waals surface area contributed by atoms with Gasteiger partial charge in [-0.1, -0.05) is 6.92 Å². The van der Waals surface area contributed by atoms with E-state index in [9.17, 15) is 9.00 Å². The molecule has 1 aromatic rings. The van der Waals surface area contributed by atoms with Gasteiger partial charge in [0.15, 0.2) is 0 Å². The van der Waals surface area contributed by atoms with Crippen molar-refractivity contribution in [2.45, 2.75) is 32.3 Å². The maximum Gasteiger partial charge on any atom is 0.228 e. The summed E-state index contributed by atoms with van der Waals surface area (Å²) in [5, 5.41) is 7.73. The van der Waals surface area contributed by atoms with Gasteiger partial charge in [0.25, 0.3) is 0 Å². The van der Waals surface area contributed by atoms with Crippen molar-refractivity contribution in [1.29, 1.82) is 0 Å². The van der Waals surface area contributed by atoms with Gasteiger partial charge in [-0.2, -0.15) is 5.10 Å². The summed E-state index contributed by atoms with van der Waals surface area (Å²) in [6, 6.07) is 0. The molecule has 2 heterocycles. The molecule has 6 heteroatoms.